The predicted octanol–water partition coefficient (Wildman–Crippen LogP) is 4.16. The second kappa shape index (κ2) is 5.53. The van der Waals surface area contributed by atoms with Gasteiger partial charge in [-0.25, -0.2) is 0 Å². The molecule has 1 aliphatic carbocycles. The highest BCUT2D eigenvalue weighted by Gasteiger charge is 2.40. The zero-order valence-electron chi connectivity index (χ0n) is 10.8. The molecule has 1 aromatic rings. The molecule has 0 radical (unpaired) electrons. The van der Waals surface area contributed by atoms with E-state index in [1.807, 2.05) is 0 Å². The summed E-state index contributed by atoms with van der Waals surface area (Å²) in [6, 6.07) is 9.22. The normalized spacial score (nSPS) is 19.0. The predicted molar refractivity (Wildman–Crippen MR) is 77.3 cm³/mol. The highest BCUT2D eigenvalue weighted by atomic mass is 79.9. The number of benzene rings is 1. The van der Waals surface area contributed by atoms with E-state index in [0.29, 0.717) is 11.5 Å². The summed E-state index contributed by atoms with van der Waals surface area (Å²) in [5.41, 5.74) is 2.06. The van der Waals surface area contributed by atoms with E-state index >= 15 is 0 Å². The van der Waals surface area contributed by atoms with Gasteiger partial charge in [-0.15, -0.1) is 0 Å². The maximum Gasteiger partial charge on any atom is 0.0175 e. The van der Waals surface area contributed by atoms with E-state index in [-0.39, 0.29) is 0 Å². The minimum atomic E-state index is 0.570. The van der Waals surface area contributed by atoms with Crippen LogP contribution in [0.2, 0.25) is 0 Å². The first-order valence-corrected chi connectivity index (χ1v) is 7.41. The van der Waals surface area contributed by atoms with Gasteiger partial charge < -0.3 is 5.32 Å². The Balaban J connectivity index is 1.77. The lowest BCUT2D eigenvalue weighted by Crippen LogP contribution is -2.33. The number of nitrogens with one attached hydrogen (secondary N) is 1. The first-order chi connectivity index (χ1) is 8.13. The van der Waals surface area contributed by atoms with Crippen LogP contribution in [-0.4, -0.2) is 12.6 Å². The van der Waals surface area contributed by atoms with E-state index in [2.05, 4.69) is 59.4 Å². The molecule has 1 fully saturated rings. The number of hydrogen-bond acceptors (Lipinski definition) is 1. The monoisotopic (exact) mass is 295 g/mol. The van der Waals surface area contributed by atoms with Crippen LogP contribution < -0.4 is 5.32 Å². The summed E-state index contributed by atoms with van der Waals surface area (Å²) >= 11 is 3.47. The van der Waals surface area contributed by atoms with Crippen molar-refractivity contribution >= 4 is 15.9 Å². The third-order valence-corrected chi connectivity index (χ3v) is 4.52. The number of rotatable bonds is 6. The highest BCUT2D eigenvalue weighted by molar-refractivity contribution is 9.10. The molecule has 1 saturated carbocycles. The van der Waals surface area contributed by atoms with Crippen molar-refractivity contribution in [3.63, 3.8) is 0 Å². The van der Waals surface area contributed by atoms with Gasteiger partial charge in [0.25, 0.3) is 0 Å². The lowest BCUT2D eigenvalue weighted by atomic mass is 10.0. The van der Waals surface area contributed by atoms with E-state index in [1.165, 1.54) is 31.4 Å². The average molecular weight is 296 g/mol. The zero-order valence-corrected chi connectivity index (χ0v) is 12.4. The standard InChI is InChI=1S/C15H22BrN/c1-3-15(8-9-15)11-17-12(2)10-13-4-6-14(16)7-5-13/h4-7,12,17H,3,8-11H2,1-2H3. The fourth-order valence-corrected chi connectivity index (χ4v) is 2.53. The molecule has 0 saturated heterocycles. The largest absolute Gasteiger partial charge is 0.313 e. The minimum Gasteiger partial charge on any atom is -0.313 e. The Morgan fingerprint density at radius 1 is 1.29 bits per heavy atom. The maximum absolute atomic E-state index is 3.69. The topological polar surface area (TPSA) is 12.0 Å². The molecule has 1 nitrogen and oxygen atoms in total. The van der Waals surface area contributed by atoms with E-state index in [9.17, 15) is 0 Å². The minimum absolute atomic E-state index is 0.570. The fourth-order valence-electron chi connectivity index (χ4n) is 2.27. The van der Waals surface area contributed by atoms with Crippen LogP contribution in [0.1, 0.15) is 38.7 Å². The molecule has 94 valence electrons. The molecule has 0 heterocycles. The van der Waals surface area contributed by atoms with Gasteiger partial charge in [0.05, 0.1) is 0 Å². The molecule has 0 amide bonds. The quantitative estimate of drug-likeness (QED) is 0.831. The Kier molecular flexibility index (Phi) is 4.26. The molecular formula is C15H22BrN. The van der Waals surface area contributed by atoms with Crippen LogP contribution in [-0.2, 0) is 6.42 Å². The van der Waals surface area contributed by atoms with Gasteiger partial charge in [-0.2, -0.15) is 0 Å². The van der Waals surface area contributed by atoms with Crippen LogP contribution >= 0.6 is 15.9 Å². The van der Waals surface area contributed by atoms with Crippen LogP contribution in [0.4, 0.5) is 0 Å². The van der Waals surface area contributed by atoms with Crippen molar-refractivity contribution in [1.82, 2.24) is 5.32 Å². The van der Waals surface area contributed by atoms with Gasteiger partial charge in [-0.3, -0.25) is 0 Å². The van der Waals surface area contributed by atoms with Gasteiger partial charge in [-0.1, -0.05) is 35.0 Å². The van der Waals surface area contributed by atoms with Crippen LogP contribution in [0.15, 0.2) is 28.7 Å². The van der Waals surface area contributed by atoms with Gasteiger partial charge in [0.15, 0.2) is 0 Å². The molecule has 1 atom stereocenters. The van der Waals surface area contributed by atoms with E-state index in [4.69, 9.17) is 0 Å². The molecule has 1 unspecified atom stereocenters. The van der Waals surface area contributed by atoms with Gasteiger partial charge >= 0.3 is 0 Å². The molecule has 2 heteroatoms. The van der Waals surface area contributed by atoms with Crippen molar-refractivity contribution < 1.29 is 0 Å². The van der Waals surface area contributed by atoms with Crippen molar-refractivity contribution in [3.05, 3.63) is 34.3 Å². The molecule has 2 rings (SSSR count). The average Bonchev–Trinajstić information content (AvgIpc) is 3.10. The van der Waals surface area contributed by atoms with Gasteiger partial charge in [0, 0.05) is 17.1 Å². The maximum atomic E-state index is 3.69. The van der Waals surface area contributed by atoms with Crippen LogP contribution in [0, 0.1) is 5.41 Å². The zero-order chi connectivity index (χ0) is 12.3. The highest BCUT2D eigenvalue weighted by Crippen LogP contribution is 2.47. The van der Waals surface area contributed by atoms with Crippen molar-refractivity contribution in [1.29, 1.82) is 0 Å². The summed E-state index contributed by atoms with van der Waals surface area (Å²) in [7, 11) is 0. The molecule has 17 heavy (non-hydrogen) atoms. The third kappa shape index (κ3) is 3.82. The summed E-state index contributed by atoms with van der Waals surface area (Å²) in [5, 5.41) is 3.69. The molecule has 0 spiro atoms. The summed E-state index contributed by atoms with van der Waals surface area (Å²) in [5.74, 6) is 0. The van der Waals surface area contributed by atoms with E-state index in [0.717, 1.165) is 10.9 Å². The molecule has 0 aliphatic heterocycles. The smallest absolute Gasteiger partial charge is 0.0175 e. The van der Waals surface area contributed by atoms with Crippen LogP contribution in [0.25, 0.3) is 0 Å². The molecular weight excluding hydrogens is 274 g/mol. The van der Waals surface area contributed by atoms with Gasteiger partial charge in [0.1, 0.15) is 0 Å². The fraction of sp³-hybridized carbons (Fsp3) is 0.600. The van der Waals surface area contributed by atoms with Crippen molar-refractivity contribution in [2.24, 2.45) is 5.41 Å². The van der Waals surface area contributed by atoms with Crippen LogP contribution in [0.5, 0.6) is 0 Å². The molecule has 0 aromatic heterocycles. The number of halogens is 1. The summed E-state index contributed by atoms with van der Waals surface area (Å²) in [6.07, 6.45) is 5.28. The van der Waals surface area contributed by atoms with Crippen molar-refractivity contribution in [2.75, 3.05) is 6.54 Å². The van der Waals surface area contributed by atoms with Crippen LogP contribution in [0.3, 0.4) is 0 Å². The molecule has 1 N–H and O–H groups in total. The molecule has 1 aromatic carbocycles. The Bertz CT molecular complexity index is 354. The Morgan fingerprint density at radius 3 is 2.47 bits per heavy atom. The SMILES string of the molecule is CCC1(CNC(C)Cc2ccc(Br)cc2)CC1. The van der Waals surface area contributed by atoms with Crippen molar-refractivity contribution in [3.8, 4) is 0 Å². The summed E-state index contributed by atoms with van der Waals surface area (Å²) < 4.78 is 1.16. The first-order valence-electron chi connectivity index (χ1n) is 6.61. The first kappa shape index (κ1) is 13.1. The second-order valence-corrected chi connectivity index (χ2v) is 6.38. The Labute approximate surface area is 113 Å². The Hall–Kier alpha value is -0.340. The summed E-state index contributed by atoms with van der Waals surface area (Å²) in [6.45, 7) is 5.79. The Morgan fingerprint density at radius 2 is 1.94 bits per heavy atom. The lowest BCUT2D eigenvalue weighted by molar-refractivity contribution is 0.409. The lowest BCUT2D eigenvalue weighted by Gasteiger charge is -2.19. The van der Waals surface area contributed by atoms with E-state index < -0.39 is 0 Å². The second-order valence-electron chi connectivity index (χ2n) is 5.47. The molecule has 1 aliphatic rings. The van der Waals surface area contributed by atoms with E-state index in [1.54, 1.807) is 0 Å². The molecule has 0 bridgehead atoms. The van der Waals surface area contributed by atoms with Crippen molar-refractivity contribution in [2.45, 2.75) is 45.6 Å². The van der Waals surface area contributed by atoms with Gasteiger partial charge in [0.2, 0.25) is 0 Å². The third-order valence-electron chi connectivity index (χ3n) is 3.99. The summed E-state index contributed by atoms with van der Waals surface area (Å²) in [4.78, 5) is 0. The van der Waals surface area contributed by atoms with Gasteiger partial charge in [-0.05, 0) is 55.7 Å². The number of hydrogen-bond donors (Lipinski definition) is 1.